The molecule has 0 aromatic carbocycles. The number of nitrogens with two attached hydrogens (primary N) is 1. The molecule has 2 aromatic heterocycles. The van der Waals surface area contributed by atoms with E-state index in [1.54, 1.807) is 20.2 Å². The smallest absolute Gasteiger partial charge is 0.341 e. The number of ether oxygens (including phenoxy) is 1. The van der Waals surface area contributed by atoms with Gasteiger partial charge in [-0.25, -0.2) is 4.79 Å². The maximum atomic E-state index is 12.5. The van der Waals surface area contributed by atoms with Gasteiger partial charge in [-0.15, -0.1) is 11.3 Å². The number of primary amides is 1. The molecule has 0 aliphatic carbocycles. The standard InChI is InChI=1S/C15H17IN4O4S/c1-4-5-24-15(23)9-7(2)11(12(17)21)25-14(9)18-13(22)10-8(16)6-20(3)19-10/h6H,4-5H2,1-3H3,(H2,17,21)(H,18,22). The summed E-state index contributed by atoms with van der Waals surface area (Å²) in [6.07, 6.45) is 2.35. The number of hydrogen-bond acceptors (Lipinski definition) is 6. The number of anilines is 1. The number of carbonyl (C=O) groups is 3. The Kier molecular flexibility index (Phi) is 6.16. The van der Waals surface area contributed by atoms with Crippen LogP contribution in [0.5, 0.6) is 0 Å². The number of carbonyl (C=O) groups excluding carboxylic acids is 3. The lowest BCUT2D eigenvalue weighted by molar-refractivity contribution is 0.0506. The predicted octanol–water partition coefficient (Wildman–Crippen LogP) is 2.31. The Hall–Kier alpha value is -1.95. The fraction of sp³-hybridized carbons (Fsp3) is 0.333. The highest BCUT2D eigenvalue weighted by atomic mass is 127. The van der Waals surface area contributed by atoms with Crippen molar-refractivity contribution in [3.63, 3.8) is 0 Å². The lowest BCUT2D eigenvalue weighted by Crippen LogP contribution is -2.16. The summed E-state index contributed by atoms with van der Waals surface area (Å²) in [4.78, 5) is 36.6. The first-order chi connectivity index (χ1) is 11.8. The lowest BCUT2D eigenvalue weighted by atomic mass is 10.1. The van der Waals surface area contributed by atoms with Crippen LogP contribution in [0.25, 0.3) is 0 Å². The van der Waals surface area contributed by atoms with Gasteiger partial charge in [-0.3, -0.25) is 14.3 Å². The Morgan fingerprint density at radius 2 is 2.12 bits per heavy atom. The van der Waals surface area contributed by atoms with Crippen LogP contribution >= 0.6 is 33.9 Å². The Balaban J connectivity index is 2.40. The van der Waals surface area contributed by atoms with Crippen LogP contribution in [0.15, 0.2) is 6.20 Å². The molecule has 134 valence electrons. The highest BCUT2D eigenvalue weighted by molar-refractivity contribution is 14.1. The van der Waals surface area contributed by atoms with Crippen LogP contribution in [0.4, 0.5) is 5.00 Å². The normalized spacial score (nSPS) is 10.6. The quantitative estimate of drug-likeness (QED) is 0.491. The number of aromatic nitrogens is 2. The number of halogens is 1. The van der Waals surface area contributed by atoms with Crippen molar-refractivity contribution in [1.29, 1.82) is 0 Å². The van der Waals surface area contributed by atoms with Crippen molar-refractivity contribution in [2.75, 3.05) is 11.9 Å². The number of rotatable bonds is 6. The molecule has 0 aliphatic rings. The van der Waals surface area contributed by atoms with Gasteiger partial charge in [0.15, 0.2) is 5.69 Å². The summed E-state index contributed by atoms with van der Waals surface area (Å²) in [6.45, 7) is 3.71. The maximum absolute atomic E-state index is 12.5. The molecule has 0 unspecified atom stereocenters. The number of thiophene rings is 1. The van der Waals surface area contributed by atoms with Gasteiger partial charge >= 0.3 is 5.97 Å². The minimum Gasteiger partial charge on any atom is -0.462 e. The molecular formula is C15H17IN4O4S. The van der Waals surface area contributed by atoms with Gasteiger partial charge in [0.2, 0.25) is 0 Å². The van der Waals surface area contributed by atoms with Gasteiger partial charge in [0.25, 0.3) is 11.8 Å². The van der Waals surface area contributed by atoms with Crippen molar-refractivity contribution in [3.8, 4) is 0 Å². The first-order valence-corrected chi connectivity index (χ1v) is 9.26. The van der Waals surface area contributed by atoms with Crippen molar-refractivity contribution < 1.29 is 19.1 Å². The molecule has 25 heavy (non-hydrogen) atoms. The molecule has 0 fully saturated rings. The number of aryl methyl sites for hydroxylation is 1. The minimum atomic E-state index is -0.667. The van der Waals surface area contributed by atoms with Crippen LogP contribution in [0.2, 0.25) is 0 Å². The van der Waals surface area contributed by atoms with E-state index in [-0.39, 0.29) is 27.7 Å². The van der Waals surface area contributed by atoms with Crippen molar-refractivity contribution in [2.24, 2.45) is 12.8 Å². The molecule has 8 nitrogen and oxygen atoms in total. The van der Waals surface area contributed by atoms with Crippen LogP contribution < -0.4 is 11.1 Å². The van der Waals surface area contributed by atoms with E-state index in [1.165, 1.54) is 4.68 Å². The second-order valence-electron chi connectivity index (χ2n) is 5.21. The highest BCUT2D eigenvalue weighted by Crippen LogP contribution is 2.34. The minimum absolute atomic E-state index is 0.145. The van der Waals surface area contributed by atoms with Crippen LogP contribution in [0.3, 0.4) is 0 Å². The molecule has 0 radical (unpaired) electrons. The third kappa shape index (κ3) is 4.18. The van der Waals surface area contributed by atoms with Gasteiger partial charge in [0, 0.05) is 13.2 Å². The average Bonchev–Trinajstić information content (AvgIpc) is 3.04. The fourth-order valence-electron chi connectivity index (χ4n) is 2.13. The summed E-state index contributed by atoms with van der Waals surface area (Å²) < 4.78 is 7.33. The second kappa shape index (κ2) is 7.95. The molecule has 0 bridgehead atoms. The van der Waals surface area contributed by atoms with E-state index in [4.69, 9.17) is 10.5 Å². The summed E-state index contributed by atoms with van der Waals surface area (Å²) >= 11 is 2.94. The molecule has 0 saturated carbocycles. The molecule has 2 heterocycles. The van der Waals surface area contributed by atoms with Gasteiger partial charge in [-0.1, -0.05) is 6.92 Å². The topological polar surface area (TPSA) is 116 Å². The van der Waals surface area contributed by atoms with Crippen molar-refractivity contribution in [1.82, 2.24) is 9.78 Å². The highest BCUT2D eigenvalue weighted by Gasteiger charge is 2.27. The van der Waals surface area contributed by atoms with Crippen LogP contribution in [-0.4, -0.2) is 34.2 Å². The molecule has 2 rings (SSSR count). The van der Waals surface area contributed by atoms with E-state index in [9.17, 15) is 14.4 Å². The average molecular weight is 476 g/mol. The fourth-order valence-corrected chi connectivity index (χ4v) is 3.92. The van der Waals surface area contributed by atoms with Crippen molar-refractivity contribution in [3.05, 3.63) is 31.5 Å². The molecule has 3 N–H and O–H groups in total. The van der Waals surface area contributed by atoms with Crippen molar-refractivity contribution in [2.45, 2.75) is 20.3 Å². The number of esters is 1. The number of nitrogens with one attached hydrogen (secondary N) is 1. The summed E-state index contributed by atoms with van der Waals surface area (Å²) in [5.41, 5.74) is 6.12. The van der Waals surface area contributed by atoms with E-state index in [2.05, 4.69) is 10.4 Å². The maximum Gasteiger partial charge on any atom is 0.341 e. The van der Waals surface area contributed by atoms with Gasteiger partial charge in [-0.2, -0.15) is 5.10 Å². The van der Waals surface area contributed by atoms with Crippen molar-refractivity contribution >= 4 is 56.7 Å². The summed E-state index contributed by atoms with van der Waals surface area (Å²) in [5, 5.41) is 6.95. The van der Waals surface area contributed by atoms with Crippen LogP contribution in [0.1, 0.15) is 49.4 Å². The Labute approximate surface area is 161 Å². The molecule has 10 heteroatoms. The predicted molar refractivity (Wildman–Crippen MR) is 102 cm³/mol. The number of amides is 2. The summed E-state index contributed by atoms with van der Waals surface area (Å²) in [5.74, 6) is -1.75. The van der Waals surface area contributed by atoms with Gasteiger partial charge in [-0.05, 0) is 41.5 Å². The molecule has 0 aliphatic heterocycles. The molecule has 2 aromatic rings. The SMILES string of the molecule is CCCOC(=O)c1c(NC(=O)c2nn(C)cc2I)sc(C(N)=O)c1C. The van der Waals surface area contributed by atoms with E-state index >= 15 is 0 Å². The van der Waals surface area contributed by atoms with E-state index in [1.807, 2.05) is 29.5 Å². The third-order valence-corrected chi connectivity index (χ3v) is 5.25. The third-order valence-electron chi connectivity index (χ3n) is 3.24. The number of nitrogens with zero attached hydrogens (tertiary/aromatic N) is 2. The zero-order valence-electron chi connectivity index (χ0n) is 13.9. The second-order valence-corrected chi connectivity index (χ2v) is 7.40. The van der Waals surface area contributed by atoms with Crippen LogP contribution in [0, 0.1) is 10.5 Å². The Morgan fingerprint density at radius 3 is 2.64 bits per heavy atom. The van der Waals surface area contributed by atoms with Gasteiger partial charge in [0.05, 0.1) is 20.6 Å². The van der Waals surface area contributed by atoms with E-state index in [0.29, 0.717) is 15.6 Å². The molecule has 2 amide bonds. The Bertz CT molecular complexity index is 843. The van der Waals surface area contributed by atoms with Gasteiger partial charge < -0.3 is 15.8 Å². The van der Waals surface area contributed by atoms with Crippen LogP contribution in [-0.2, 0) is 11.8 Å². The summed E-state index contributed by atoms with van der Waals surface area (Å²) in [7, 11) is 1.70. The molecule has 0 spiro atoms. The molecule has 0 atom stereocenters. The van der Waals surface area contributed by atoms with E-state index < -0.39 is 17.8 Å². The Morgan fingerprint density at radius 1 is 1.44 bits per heavy atom. The largest absolute Gasteiger partial charge is 0.462 e. The summed E-state index contributed by atoms with van der Waals surface area (Å²) in [6, 6.07) is 0. The monoisotopic (exact) mass is 476 g/mol. The first-order valence-electron chi connectivity index (χ1n) is 7.37. The zero-order valence-corrected chi connectivity index (χ0v) is 16.9. The lowest BCUT2D eigenvalue weighted by Gasteiger charge is -2.07. The molecular weight excluding hydrogens is 459 g/mol. The first kappa shape index (κ1) is 19.4. The number of hydrogen-bond donors (Lipinski definition) is 2. The molecule has 0 saturated heterocycles. The van der Waals surface area contributed by atoms with Gasteiger partial charge in [0.1, 0.15) is 5.00 Å². The van der Waals surface area contributed by atoms with E-state index in [0.717, 1.165) is 11.3 Å². The zero-order chi connectivity index (χ0) is 18.7.